The Kier molecular flexibility index (Phi) is 9.89. The Balaban J connectivity index is 0.00000156. The smallest absolute Gasteiger partial charge is 0.221 e. The lowest BCUT2D eigenvalue weighted by Crippen LogP contribution is -2.41. The summed E-state index contributed by atoms with van der Waals surface area (Å²) in [6, 6.07) is 8.38. The number of amides is 1. The quantitative estimate of drug-likeness (QED) is 0.770. The third kappa shape index (κ3) is 6.86. The number of halogens is 2. The molecule has 6 nitrogen and oxygen atoms in total. The van der Waals surface area contributed by atoms with Gasteiger partial charge < -0.3 is 10.6 Å². The Morgan fingerprint density at radius 2 is 2.12 bits per heavy atom. The molecule has 1 aliphatic heterocycles. The maximum atomic E-state index is 12.1. The molecule has 1 aliphatic rings. The van der Waals surface area contributed by atoms with E-state index in [0.29, 0.717) is 25.6 Å². The lowest BCUT2D eigenvalue weighted by atomic mass is 10.1. The van der Waals surface area contributed by atoms with Crippen LogP contribution in [0.25, 0.3) is 0 Å². The van der Waals surface area contributed by atoms with E-state index in [9.17, 15) is 4.79 Å². The Morgan fingerprint density at radius 3 is 2.80 bits per heavy atom. The van der Waals surface area contributed by atoms with Crippen LogP contribution in [0.3, 0.4) is 0 Å². The summed E-state index contributed by atoms with van der Waals surface area (Å²) in [5.74, 6) is 2.24. The first kappa shape index (κ1) is 21.8. The van der Waals surface area contributed by atoms with Crippen molar-refractivity contribution in [1.29, 1.82) is 0 Å². The summed E-state index contributed by atoms with van der Waals surface area (Å²) in [4.78, 5) is 16.1. The molecule has 1 aromatic heterocycles. The topological polar surface area (TPSA) is 71.8 Å². The molecule has 0 spiro atoms. The fourth-order valence-corrected chi connectivity index (χ4v) is 3.56. The van der Waals surface area contributed by atoms with Gasteiger partial charge in [-0.05, 0) is 11.1 Å². The highest BCUT2D eigenvalue weighted by molar-refractivity contribution is 7.99. The first-order chi connectivity index (χ1) is 11.3. The van der Waals surface area contributed by atoms with Gasteiger partial charge in [0, 0.05) is 37.1 Å². The normalized spacial score (nSPS) is 16.4. The summed E-state index contributed by atoms with van der Waals surface area (Å²) in [5, 5.41) is 10.6. The van der Waals surface area contributed by atoms with Crippen LogP contribution in [0.15, 0.2) is 36.9 Å². The molecule has 1 atom stereocenters. The highest BCUT2D eigenvalue weighted by atomic mass is 35.5. The number of aromatic nitrogens is 3. The van der Waals surface area contributed by atoms with Gasteiger partial charge in [0.05, 0.1) is 6.54 Å². The van der Waals surface area contributed by atoms with Gasteiger partial charge >= 0.3 is 0 Å². The number of carbonyl (C=O) groups is 1. The molecule has 1 aromatic carbocycles. The van der Waals surface area contributed by atoms with Crippen molar-refractivity contribution < 1.29 is 4.79 Å². The van der Waals surface area contributed by atoms with Crippen molar-refractivity contribution in [1.82, 2.24) is 25.4 Å². The molecule has 2 heterocycles. The van der Waals surface area contributed by atoms with Gasteiger partial charge in [-0.3, -0.25) is 4.79 Å². The molecule has 1 fully saturated rings. The third-order valence-electron chi connectivity index (χ3n) is 3.82. The van der Waals surface area contributed by atoms with Crippen LogP contribution in [0.5, 0.6) is 0 Å². The number of hydrogen-bond donors (Lipinski definition) is 2. The molecule has 0 saturated carbocycles. The number of nitrogens with one attached hydrogen (secondary N) is 2. The largest absolute Gasteiger partial charge is 0.352 e. The van der Waals surface area contributed by atoms with E-state index < -0.39 is 0 Å². The van der Waals surface area contributed by atoms with E-state index in [0.717, 1.165) is 29.2 Å². The summed E-state index contributed by atoms with van der Waals surface area (Å²) in [6.45, 7) is 2.19. The van der Waals surface area contributed by atoms with Gasteiger partial charge in [-0.1, -0.05) is 24.3 Å². The highest BCUT2D eigenvalue weighted by Gasteiger charge is 2.16. The number of rotatable bonds is 6. The Morgan fingerprint density at radius 1 is 1.32 bits per heavy atom. The van der Waals surface area contributed by atoms with Gasteiger partial charge in [-0.2, -0.15) is 16.9 Å². The summed E-state index contributed by atoms with van der Waals surface area (Å²) in [5.41, 5.74) is 2.26. The van der Waals surface area contributed by atoms with E-state index in [-0.39, 0.29) is 30.7 Å². The molecule has 25 heavy (non-hydrogen) atoms. The van der Waals surface area contributed by atoms with Crippen molar-refractivity contribution in [2.75, 3.05) is 18.1 Å². The molecule has 2 aromatic rings. The van der Waals surface area contributed by atoms with Crippen molar-refractivity contribution in [2.45, 2.75) is 25.6 Å². The molecule has 1 amide bonds. The van der Waals surface area contributed by atoms with Crippen molar-refractivity contribution in [3.05, 3.63) is 48.0 Å². The second-order valence-corrected chi connectivity index (χ2v) is 6.72. The van der Waals surface area contributed by atoms with Gasteiger partial charge in [0.2, 0.25) is 5.91 Å². The van der Waals surface area contributed by atoms with Gasteiger partial charge in [0.25, 0.3) is 0 Å². The number of nitrogens with zero attached hydrogens (tertiary/aromatic N) is 3. The molecule has 9 heteroatoms. The number of carbonyl (C=O) groups excluding carboxylic acids is 1. The predicted octanol–water partition coefficient (Wildman–Crippen LogP) is 1.88. The monoisotopic (exact) mass is 403 g/mol. The van der Waals surface area contributed by atoms with Crippen LogP contribution in [0.1, 0.15) is 17.5 Å². The molecular formula is C16H23Cl2N5OS. The maximum Gasteiger partial charge on any atom is 0.221 e. The second kappa shape index (κ2) is 11.4. The fourth-order valence-electron chi connectivity index (χ4n) is 2.61. The van der Waals surface area contributed by atoms with E-state index >= 15 is 0 Å². The predicted molar refractivity (Wildman–Crippen MR) is 106 cm³/mol. The second-order valence-electron chi connectivity index (χ2n) is 5.57. The van der Waals surface area contributed by atoms with Gasteiger partial charge in [0.1, 0.15) is 12.7 Å². The van der Waals surface area contributed by atoms with Gasteiger partial charge in [-0.15, -0.1) is 24.8 Å². The summed E-state index contributed by atoms with van der Waals surface area (Å²) in [6.07, 6.45) is 3.76. The maximum absolute atomic E-state index is 12.1. The van der Waals surface area contributed by atoms with Crippen LogP contribution >= 0.6 is 36.6 Å². The summed E-state index contributed by atoms with van der Waals surface area (Å²) < 4.78 is 1.78. The molecule has 0 aliphatic carbocycles. The zero-order valence-electron chi connectivity index (χ0n) is 13.8. The Labute approximate surface area is 164 Å². The first-order valence-corrected chi connectivity index (χ1v) is 8.94. The molecule has 2 N–H and O–H groups in total. The molecular weight excluding hydrogens is 381 g/mol. The zero-order valence-corrected chi connectivity index (χ0v) is 16.2. The Hall–Kier alpha value is -1.28. The SMILES string of the molecule is Cl.Cl.O=C(CC1CSCCN1)NCc1ccccc1Cn1cncn1. The molecule has 1 unspecified atom stereocenters. The average Bonchev–Trinajstić information content (AvgIpc) is 3.08. The molecule has 138 valence electrons. The Bertz CT molecular complexity index is 635. The van der Waals surface area contributed by atoms with Gasteiger partial charge in [0.15, 0.2) is 0 Å². The molecule has 0 radical (unpaired) electrons. The number of thioether (sulfide) groups is 1. The van der Waals surface area contributed by atoms with Crippen LogP contribution in [0.2, 0.25) is 0 Å². The van der Waals surface area contributed by atoms with Gasteiger partial charge in [-0.25, -0.2) is 9.67 Å². The number of hydrogen-bond acceptors (Lipinski definition) is 5. The summed E-state index contributed by atoms with van der Waals surface area (Å²) in [7, 11) is 0. The van der Waals surface area contributed by atoms with Crippen LogP contribution in [0.4, 0.5) is 0 Å². The minimum atomic E-state index is 0. The first-order valence-electron chi connectivity index (χ1n) is 7.78. The van der Waals surface area contributed by atoms with Crippen LogP contribution in [0, 0.1) is 0 Å². The minimum Gasteiger partial charge on any atom is -0.352 e. The van der Waals surface area contributed by atoms with Crippen LogP contribution in [-0.4, -0.2) is 44.8 Å². The van der Waals surface area contributed by atoms with Crippen molar-refractivity contribution in [3.8, 4) is 0 Å². The summed E-state index contributed by atoms with van der Waals surface area (Å²) >= 11 is 1.91. The third-order valence-corrected chi connectivity index (χ3v) is 4.95. The van der Waals surface area contributed by atoms with E-state index in [1.165, 1.54) is 6.33 Å². The molecule has 1 saturated heterocycles. The average molecular weight is 404 g/mol. The standard InChI is InChI=1S/C16H21N5OS.2ClH/c22-16(7-15-10-23-6-5-18-15)19-8-13-3-1-2-4-14(13)9-21-12-17-11-20-21;;/h1-4,11-12,15,18H,5-10H2,(H,19,22);2*1H. The van der Waals surface area contributed by atoms with Crippen molar-refractivity contribution >= 4 is 42.5 Å². The van der Waals surface area contributed by atoms with E-state index in [1.807, 2.05) is 30.0 Å². The van der Waals surface area contributed by atoms with Crippen LogP contribution in [-0.2, 0) is 17.9 Å². The lowest BCUT2D eigenvalue weighted by Gasteiger charge is -2.22. The highest BCUT2D eigenvalue weighted by Crippen LogP contribution is 2.12. The molecule has 0 bridgehead atoms. The van der Waals surface area contributed by atoms with E-state index in [4.69, 9.17) is 0 Å². The van der Waals surface area contributed by atoms with E-state index in [1.54, 1.807) is 11.0 Å². The number of benzene rings is 1. The van der Waals surface area contributed by atoms with Crippen molar-refractivity contribution in [3.63, 3.8) is 0 Å². The van der Waals surface area contributed by atoms with Crippen molar-refractivity contribution in [2.24, 2.45) is 0 Å². The van der Waals surface area contributed by atoms with Crippen LogP contribution < -0.4 is 10.6 Å². The van der Waals surface area contributed by atoms with E-state index in [2.05, 4.69) is 26.8 Å². The minimum absolute atomic E-state index is 0. The molecule has 3 rings (SSSR count). The fraction of sp³-hybridized carbons (Fsp3) is 0.438. The lowest BCUT2D eigenvalue weighted by molar-refractivity contribution is -0.121. The zero-order chi connectivity index (χ0) is 15.9.